The van der Waals surface area contributed by atoms with Crippen LogP contribution in [0.4, 0.5) is 0 Å². The van der Waals surface area contributed by atoms with E-state index in [0.717, 1.165) is 28.5 Å². The second-order valence-corrected chi connectivity index (χ2v) is 7.72. The Morgan fingerprint density at radius 2 is 1.52 bits per heavy atom. The van der Waals surface area contributed by atoms with E-state index < -0.39 is 0 Å². The first kappa shape index (κ1) is 17.3. The Bertz CT molecular complexity index is 857. The van der Waals surface area contributed by atoms with Gasteiger partial charge in [0.15, 0.2) is 0 Å². The van der Waals surface area contributed by atoms with Crippen LogP contribution in [-0.2, 0) is 6.42 Å². The van der Waals surface area contributed by atoms with Crippen LogP contribution in [0.5, 0.6) is 11.5 Å². The normalized spacial score (nSPS) is 13.0. The van der Waals surface area contributed by atoms with Gasteiger partial charge in [0.25, 0.3) is 0 Å². The lowest BCUT2D eigenvalue weighted by molar-refractivity contribution is 0.131. The van der Waals surface area contributed by atoms with E-state index in [-0.39, 0.29) is 5.60 Å². The van der Waals surface area contributed by atoms with Crippen LogP contribution in [0.3, 0.4) is 0 Å². The topological polar surface area (TPSA) is 29.5 Å². The summed E-state index contributed by atoms with van der Waals surface area (Å²) in [5.41, 5.74) is 2.04. The first-order valence-electron chi connectivity index (χ1n) is 8.81. The molecule has 0 saturated heterocycles. The molecule has 2 heteroatoms. The maximum absolute atomic E-state index is 10.4. The molecule has 0 aromatic heterocycles. The first-order chi connectivity index (χ1) is 11.8. The van der Waals surface area contributed by atoms with Crippen molar-refractivity contribution in [2.75, 3.05) is 0 Å². The zero-order chi connectivity index (χ0) is 18.0. The van der Waals surface area contributed by atoms with E-state index in [1.54, 1.807) is 0 Å². The van der Waals surface area contributed by atoms with Crippen molar-refractivity contribution in [2.45, 2.75) is 45.6 Å². The Morgan fingerprint density at radius 3 is 2.12 bits per heavy atom. The molecule has 0 aliphatic carbocycles. The van der Waals surface area contributed by atoms with Gasteiger partial charge in [0, 0.05) is 0 Å². The maximum atomic E-state index is 10.4. The molecule has 0 aliphatic rings. The van der Waals surface area contributed by atoms with Gasteiger partial charge < -0.3 is 9.84 Å². The van der Waals surface area contributed by atoms with Crippen LogP contribution in [0.2, 0.25) is 0 Å². The van der Waals surface area contributed by atoms with E-state index in [4.69, 9.17) is 4.74 Å². The average molecular weight is 334 g/mol. The zero-order valence-electron chi connectivity index (χ0n) is 15.4. The van der Waals surface area contributed by atoms with E-state index in [9.17, 15) is 5.11 Å². The highest BCUT2D eigenvalue weighted by Crippen LogP contribution is 2.30. The van der Waals surface area contributed by atoms with Crippen molar-refractivity contribution in [1.29, 1.82) is 0 Å². The summed E-state index contributed by atoms with van der Waals surface area (Å²) in [6.45, 7) is 8.33. The van der Waals surface area contributed by atoms with Crippen molar-refractivity contribution >= 4 is 10.8 Å². The first-order valence-corrected chi connectivity index (χ1v) is 8.81. The lowest BCUT2D eigenvalue weighted by Crippen LogP contribution is -2.22. The molecule has 0 heterocycles. The van der Waals surface area contributed by atoms with Crippen LogP contribution >= 0.6 is 0 Å². The largest absolute Gasteiger partial charge is 0.508 e. The van der Waals surface area contributed by atoms with E-state index in [2.05, 4.69) is 31.2 Å². The number of aromatic hydroxyl groups is 1. The van der Waals surface area contributed by atoms with E-state index in [1.807, 2.05) is 57.2 Å². The van der Waals surface area contributed by atoms with E-state index in [0.29, 0.717) is 11.7 Å². The predicted molar refractivity (Wildman–Crippen MR) is 105 cm³/mol. The summed E-state index contributed by atoms with van der Waals surface area (Å²) in [6, 6.07) is 20.4. The maximum Gasteiger partial charge on any atom is 0.120 e. The van der Waals surface area contributed by atoms with Gasteiger partial charge in [0.2, 0.25) is 0 Å². The Labute approximate surface area is 150 Å². The third-order valence-electron chi connectivity index (χ3n) is 4.35. The van der Waals surface area contributed by atoms with Crippen molar-refractivity contribution in [3.05, 3.63) is 71.8 Å². The molecule has 0 bridgehead atoms. The molecule has 3 aromatic carbocycles. The van der Waals surface area contributed by atoms with Crippen LogP contribution in [0, 0.1) is 0 Å². The smallest absolute Gasteiger partial charge is 0.120 e. The lowest BCUT2D eigenvalue weighted by atomic mass is 9.92. The molecule has 130 valence electrons. The molecule has 1 unspecified atom stereocenters. The zero-order valence-corrected chi connectivity index (χ0v) is 15.4. The monoisotopic (exact) mass is 334 g/mol. The molecule has 25 heavy (non-hydrogen) atoms. The van der Waals surface area contributed by atoms with Crippen LogP contribution in [0.25, 0.3) is 10.8 Å². The van der Waals surface area contributed by atoms with Gasteiger partial charge in [-0.2, -0.15) is 0 Å². The molecule has 0 amide bonds. The summed E-state index contributed by atoms with van der Waals surface area (Å²) >= 11 is 0. The quantitative estimate of drug-likeness (QED) is 0.627. The second kappa shape index (κ2) is 6.79. The highest BCUT2D eigenvalue weighted by molar-refractivity contribution is 5.84. The van der Waals surface area contributed by atoms with Crippen molar-refractivity contribution in [2.24, 2.45) is 0 Å². The van der Waals surface area contributed by atoms with Gasteiger partial charge in [0.05, 0.1) is 0 Å². The molecule has 3 aromatic rings. The van der Waals surface area contributed by atoms with Gasteiger partial charge in [-0.15, -0.1) is 0 Å². The summed E-state index contributed by atoms with van der Waals surface area (Å²) in [7, 11) is 0. The molecule has 1 atom stereocenters. The molecule has 3 rings (SSSR count). The summed E-state index contributed by atoms with van der Waals surface area (Å²) in [5.74, 6) is 1.57. The van der Waals surface area contributed by atoms with Gasteiger partial charge in [-0.1, -0.05) is 43.3 Å². The van der Waals surface area contributed by atoms with Crippen molar-refractivity contribution < 1.29 is 9.84 Å². The highest BCUT2D eigenvalue weighted by Gasteiger charge is 2.14. The molecule has 0 aliphatic heterocycles. The number of hydrogen-bond acceptors (Lipinski definition) is 2. The van der Waals surface area contributed by atoms with E-state index in [1.165, 1.54) is 5.56 Å². The standard InChI is InChI=1S/C23H26O2/c1-16(17-9-11-21(12-10-17)25-23(2,3)4)13-20-14-18-7-5-6-8-19(18)15-22(20)24/h5-12,14-16,24H,13H2,1-4H3. The van der Waals surface area contributed by atoms with Crippen LogP contribution in [0.15, 0.2) is 60.7 Å². The Morgan fingerprint density at radius 1 is 0.920 bits per heavy atom. The van der Waals surface area contributed by atoms with Gasteiger partial charge in [-0.05, 0) is 79.3 Å². The van der Waals surface area contributed by atoms with Gasteiger partial charge in [-0.3, -0.25) is 0 Å². The number of ether oxygens (including phenoxy) is 1. The fourth-order valence-corrected chi connectivity index (χ4v) is 3.10. The predicted octanol–water partition coefficient (Wildman–Crippen LogP) is 6.07. The Kier molecular flexibility index (Phi) is 4.71. The van der Waals surface area contributed by atoms with Crippen LogP contribution in [-0.4, -0.2) is 10.7 Å². The molecule has 0 radical (unpaired) electrons. The minimum Gasteiger partial charge on any atom is -0.508 e. The van der Waals surface area contributed by atoms with Crippen LogP contribution < -0.4 is 4.74 Å². The van der Waals surface area contributed by atoms with E-state index >= 15 is 0 Å². The molecule has 0 spiro atoms. The molecular formula is C23H26O2. The molecular weight excluding hydrogens is 308 g/mol. The summed E-state index contributed by atoms with van der Waals surface area (Å²) in [4.78, 5) is 0. The fraction of sp³-hybridized carbons (Fsp3) is 0.304. The lowest BCUT2D eigenvalue weighted by Gasteiger charge is -2.22. The second-order valence-electron chi connectivity index (χ2n) is 7.72. The number of phenolic OH excluding ortho intramolecular Hbond substituents is 1. The minimum atomic E-state index is -0.190. The molecule has 1 N–H and O–H groups in total. The Hall–Kier alpha value is -2.48. The number of phenols is 1. The number of hydrogen-bond donors (Lipinski definition) is 1. The third-order valence-corrected chi connectivity index (χ3v) is 4.35. The van der Waals surface area contributed by atoms with Gasteiger partial charge in [0.1, 0.15) is 17.1 Å². The fourth-order valence-electron chi connectivity index (χ4n) is 3.10. The van der Waals surface area contributed by atoms with Gasteiger partial charge in [-0.25, -0.2) is 0 Å². The van der Waals surface area contributed by atoms with Crippen molar-refractivity contribution in [3.63, 3.8) is 0 Å². The molecule has 0 fully saturated rings. The number of benzene rings is 3. The average Bonchev–Trinajstić information content (AvgIpc) is 2.54. The SMILES string of the molecule is CC(Cc1cc2ccccc2cc1O)c1ccc(OC(C)(C)C)cc1. The van der Waals surface area contributed by atoms with Gasteiger partial charge >= 0.3 is 0 Å². The summed E-state index contributed by atoms with van der Waals surface area (Å²) in [5, 5.41) is 12.6. The van der Waals surface area contributed by atoms with Crippen LogP contribution in [0.1, 0.15) is 44.7 Å². The third kappa shape index (κ3) is 4.33. The minimum absolute atomic E-state index is 0.190. The molecule has 0 saturated carbocycles. The summed E-state index contributed by atoms with van der Waals surface area (Å²) < 4.78 is 5.88. The summed E-state index contributed by atoms with van der Waals surface area (Å²) in [6.07, 6.45) is 0.802. The van der Waals surface area contributed by atoms with Crippen molar-refractivity contribution in [1.82, 2.24) is 0 Å². The number of fused-ring (bicyclic) bond motifs is 1. The van der Waals surface area contributed by atoms with Crippen molar-refractivity contribution in [3.8, 4) is 11.5 Å². The Balaban J connectivity index is 1.78. The molecule has 2 nitrogen and oxygen atoms in total. The number of rotatable bonds is 4. The highest BCUT2D eigenvalue weighted by atomic mass is 16.5.